The number of hydrogen-bond acceptors (Lipinski definition) is 3. The molecule has 2 aliphatic rings. The van der Waals surface area contributed by atoms with Crippen molar-refractivity contribution in [2.24, 2.45) is 0 Å². The molecule has 0 unspecified atom stereocenters. The third-order valence-corrected chi connectivity index (χ3v) is 6.19. The van der Waals surface area contributed by atoms with Gasteiger partial charge in [0.05, 0.1) is 11.3 Å². The third kappa shape index (κ3) is 5.24. The Morgan fingerprint density at radius 3 is 2.40 bits per heavy atom. The lowest BCUT2D eigenvalue weighted by Crippen LogP contribution is -2.34. The summed E-state index contributed by atoms with van der Waals surface area (Å²) in [6.45, 7) is 1.76. The lowest BCUT2D eigenvalue weighted by Gasteiger charge is -2.18. The van der Waals surface area contributed by atoms with Gasteiger partial charge in [0.25, 0.3) is 5.91 Å². The number of thioether (sulfide) groups is 1. The summed E-state index contributed by atoms with van der Waals surface area (Å²) in [4.78, 5) is 27.8. The van der Waals surface area contributed by atoms with Gasteiger partial charge < -0.3 is 10.2 Å². The van der Waals surface area contributed by atoms with Gasteiger partial charge in [0.15, 0.2) is 0 Å². The minimum Gasteiger partial charge on any atom is -0.349 e. The molecule has 1 N–H and O–H groups in total. The highest BCUT2D eigenvalue weighted by molar-refractivity contribution is 8.00. The topological polar surface area (TPSA) is 49.4 Å². The van der Waals surface area contributed by atoms with Crippen LogP contribution in [0.2, 0.25) is 0 Å². The van der Waals surface area contributed by atoms with Gasteiger partial charge in [0.1, 0.15) is 0 Å². The van der Waals surface area contributed by atoms with Crippen LogP contribution in [0.3, 0.4) is 0 Å². The average molecular weight is 361 g/mol. The van der Waals surface area contributed by atoms with Crippen molar-refractivity contribution in [2.75, 3.05) is 18.8 Å². The SMILES string of the molecule is O=C(NC1CCCCCC1)c1ccccc1SCC(=O)N1CCCC1. The molecule has 0 spiro atoms. The largest absolute Gasteiger partial charge is 0.349 e. The zero-order valence-electron chi connectivity index (χ0n) is 14.8. The van der Waals surface area contributed by atoms with Gasteiger partial charge in [0, 0.05) is 24.0 Å². The van der Waals surface area contributed by atoms with Crippen LogP contribution in [-0.4, -0.2) is 41.6 Å². The molecule has 1 aliphatic heterocycles. The van der Waals surface area contributed by atoms with Gasteiger partial charge in [-0.25, -0.2) is 0 Å². The Kier molecular flexibility index (Phi) is 6.79. The van der Waals surface area contributed by atoms with Crippen LogP contribution >= 0.6 is 11.8 Å². The van der Waals surface area contributed by atoms with E-state index in [0.717, 1.165) is 43.7 Å². The second-order valence-electron chi connectivity index (χ2n) is 7.03. The maximum absolute atomic E-state index is 12.7. The normalized spacial score (nSPS) is 18.8. The van der Waals surface area contributed by atoms with E-state index < -0.39 is 0 Å². The molecule has 2 amide bonds. The summed E-state index contributed by atoms with van der Waals surface area (Å²) in [5.74, 6) is 0.596. The number of hydrogen-bond donors (Lipinski definition) is 1. The van der Waals surface area contributed by atoms with Crippen LogP contribution in [0.15, 0.2) is 29.2 Å². The minimum absolute atomic E-state index is 0.00335. The number of likely N-dealkylation sites (tertiary alicyclic amines) is 1. The van der Waals surface area contributed by atoms with Crippen LogP contribution in [0.5, 0.6) is 0 Å². The predicted octanol–water partition coefficient (Wildman–Crippen LogP) is 3.85. The molecule has 1 saturated heterocycles. The zero-order chi connectivity index (χ0) is 17.5. The van der Waals surface area contributed by atoms with Crippen LogP contribution in [0.1, 0.15) is 61.7 Å². The predicted molar refractivity (Wildman–Crippen MR) is 102 cm³/mol. The summed E-state index contributed by atoms with van der Waals surface area (Å²) < 4.78 is 0. The smallest absolute Gasteiger partial charge is 0.252 e. The standard InChI is InChI=1S/C20H28N2O2S/c23-19(22-13-7-8-14-22)15-25-18-12-6-5-11-17(18)20(24)21-16-9-3-1-2-4-10-16/h5-6,11-12,16H,1-4,7-10,13-15H2,(H,21,24). The summed E-state index contributed by atoms with van der Waals surface area (Å²) >= 11 is 1.48. The zero-order valence-corrected chi connectivity index (χ0v) is 15.7. The van der Waals surface area contributed by atoms with Gasteiger partial charge in [0.2, 0.25) is 5.91 Å². The Labute approximate surface area is 154 Å². The van der Waals surface area contributed by atoms with E-state index in [1.165, 1.54) is 37.4 Å². The Bertz CT molecular complexity index is 591. The molecule has 25 heavy (non-hydrogen) atoms. The van der Waals surface area contributed by atoms with E-state index in [-0.39, 0.29) is 11.8 Å². The van der Waals surface area contributed by atoms with Crippen molar-refractivity contribution in [3.8, 4) is 0 Å². The first-order valence-electron chi connectivity index (χ1n) is 9.54. The molecule has 1 saturated carbocycles. The molecule has 4 nitrogen and oxygen atoms in total. The molecular weight excluding hydrogens is 332 g/mol. The highest BCUT2D eigenvalue weighted by Crippen LogP contribution is 2.25. The number of carbonyl (C=O) groups is 2. The van der Waals surface area contributed by atoms with Crippen molar-refractivity contribution in [2.45, 2.75) is 62.3 Å². The second kappa shape index (κ2) is 9.27. The first-order valence-corrected chi connectivity index (χ1v) is 10.5. The molecular formula is C20H28N2O2S. The van der Waals surface area contributed by atoms with Gasteiger partial charge in [-0.15, -0.1) is 11.8 Å². The van der Waals surface area contributed by atoms with E-state index in [2.05, 4.69) is 5.32 Å². The van der Waals surface area contributed by atoms with E-state index in [4.69, 9.17) is 0 Å². The van der Waals surface area contributed by atoms with Crippen LogP contribution in [-0.2, 0) is 4.79 Å². The summed E-state index contributed by atoms with van der Waals surface area (Å²) in [5.41, 5.74) is 0.700. The fourth-order valence-electron chi connectivity index (χ4n) is 3.66. The minimum atomic E-state index is 0.00335. The number of amides is 2. The molecule has 136 valence electrons. The molecule has 1 heterocycles. The molecule has 0 atom stereocenters. The fourth-order valence-corrected chi connectivity index (χ4v) is 4.62. The maximum Gasteiger partial charge on any atom is 0.252 e. The van der Waals surface area contributed by atoms with E-state index in [0.29, 0.717) is 17.4 Å². The highest BCUT2D eigenvalue weighted by Gasteiger charge is 2.20. The fraction of sp³-hybridized carbons (Fsp3) is 0.600. The van der Waals surface area contributed by atoms with Crippen LogP contribution in [0, 0.1) is 0 Å². The molecule has 1 aromatic rings. The Balaban J connectivity index is 1.59. The lowest BCUT2D eigenvalue weighted by molar-refractivity contribution is -0.127. The molecule has 5 heteroatoms. The van der Waals surface area contributed by atoms with Crippen molar-refractivity contribution in [1.82, 2.24) is 10.2 Å². The van der Waals surface area contributed by atoms with Crippen LogP contribution in [0.25, 0.3) is 0 Å². The quantitative estimate of drug-likeness (QED) is 0.641. The van der Waals surface area contributed by atoms with E-state index in [1.807, 2.05) is 29.2 Å². The Morgan fingerprint density at radius 2 is 1.68 bits per heavy atom. The molecule has 0 radical (unpaired) electrons. The monoisotopic (exact) mass is 360 g/mol. The second-order valence-corrected chi connectivity index (χ2v) is 8.05. The highest BCUT2D eigenvalue weighted by atomic mass is 32.2. The van der Waals surface area contributed by atoms with Crippen molar-refractivity contribution in [1.29, 1.82) is 0 Å². The molecule has 2 fully saturated rings. The summed E-state index contributed by atoms with van der Waals surface area (Å²) in [7, 11) is 0. The van der Waals surface area contributed by atoms with Crippen molar-refractivity contribution in [3.05, 3.63) is 29.8 Å². The number of rotatable bonds is 5. The van der Waals surface area contributed by atoms with E-state index >= 15 is 0 Å². The first kappa shape index (κ1) is 18.3. The van der Waals surface area contributed by atoms with Crippen molar-refractivity contribution >= 4 is 23.6 Å². The summed E-state index contributed by atoms with van der Waals surface area (Å²) in [6.07, 6.45) is 9.32. The number of nitrogens with one attached hydrogen (secondary N) is 1. The molecule has 1 aromatic carbocycles. The van der Waals surface area contributed by atoms with E-state index in [1.54, 1.807) is 0 Å². The molecule has 3 rings (SSSR count). The van der Waals surface area contributed by atoms with Gasteiger partial charge in [-0.3, -0.25) is 9.59 Å². The van der Waals surface area contributed by atoms with Crippen LogP contribution in [0.4, 0.5) is 0 Å². The Morgan fingerprint density at radius 1 is 1.00 bits per heavy atom. The maximum atomic E-state index is 12.7. The van der Waals surface area contributed by atoms with Crippen molar-refractivity contribution in [3.63, 3.8) is 0 Å². The summed E-state index contributed by atoms with van der Waals surface area (Å²) in [6, 6.07) is 7.94. The third-order valence-electron chi connectivity index (χ3n) is 5.13. The van der Waals surface area contributed by atoms with Crippen LogP contribution < -0.4 is 5.32 Å². The Hall–Kier alpha value is -1.49. The first-order chi connectivity index (χ1) is 12.2. The molecule has 0 bridgehead atoms. The lowest BCUT2D eigenvalue weighted by atomic mass is 10.1. The summed E-state index contributed by atoms with van der Waals surface area (Å²) in [5, 5.41) is 3.21. The van der Waals surface area contributed by atoms with Gasteiger partial charge in [-0.05, 0) is 37.8 Å². The van der Waals surface area contributed by atoms with E-state index in [9.17, 15) is 9.59 Å². The van der Waals surface area contributed by atoms with Gasteiger partial charge in [-0.1, -0.05) is 37.8 Å². The molecule has 1 aliphatic carbocycles. The van der Waals surface area contributed by atoms with Gasteiger partial charge in [-0.2, -0.15) is 0 Å². The number of nitrogens with zero attached hydrogens (tertiary/aromatic N) is 1. The number of benzene rings is 1. The van der Waals surface area contributed by atoms with Gasteiger partial charge >= 0.3 is 0 Å². The number of carbonyl (C=O) groups excluding carboxylic acids is 2. The average Bonchev–Trinajstić information content (AvgIpc) is 3.06. The van der Waals surface area contributed by atoms with Crippen molar-refractivity contribution < 1.29 is 9.59 Å². The molecule has 0 aromatic heterocycles.